The minimum atomic E-state index is -3.44. The highest BCUT2D eigenvalue weighted by atomic mass is 35.5. The van der Waals surface area contributed by atoms with Gasteiger partial charge in [-0.05, 0) is 29.8 Å². The average Bonchev–Trinajstić information content (AvgIpc) is 3.12. The lowest BCUT2D eigenvalue weighted by molar-refractivity contribution is 0.521. The van der Waals surface area contributed by atoms with E-state index in [0.717, 1.165) is 16.8 Å². The summed E-state index contributed by atoms with van der Waals surface area (Å²) in [6.45, 7) is 0. The SMILES string of the molecule is CN(C)S(=O)(=O)c1ccc(-c2csc(NN=Cc3ccc(Cl)cc3)n2)cc1. The van der Waals surface area contributed by atoms with Crippen LogP contribution in [-0.2, 0) is 10.0 Å². The number of hydrogen-bond acceptors (Lipinski definition) is 6. The number of halogens is 1. The molecule has 0 atom stereocenters. The van der Waals surface area contributed by atoms with E-state index in [1.165, 1.54) is 29.7 Å². The van der Waals surface area contributed by atoms with Gasteiger partial charge in [-0.25, -0.2) is 17.7 Å². The van der Waals surface area contributed by atoms with Crippen molar-refractivity contribution in [2.75, 3.05) is 19.5 Å². The van der Waals surface area contributed by atoms with Crippen molar-refractivity contribution in [1.29, 1.82) is 0 Å². The number of nitrogens with one attached hydrogen (secondary N) is 1. The van der Waals surface area contributed by atoms with E-state index in [2.05, 4.69) is 15.5 Å². The van der Waals surface area contributed by atoms with Crippen LogP contribution in [0, 0.1) is 0 Å². The Labute approximate surface area is 167 Å². The first-order valence-electron chi connectivity index (χ1n) is 7.89. The third kappa shape index (κ3) is 4.72. The minimum Gasteiger partial charge on any atom is -0.253 e. The largest absolute Gasteiger partial charge is 0.253 e. The van der Waals surface area contributed by atoms with Gasteiger partial charge in [0, 0.05) is 30.1 Å². The van der Waals surface area contributed by atoms with Gasteiger partial charge in [0.25, 0.3) is 0 Å². The second kappa shape index (κ2) is 8.18. The number of hydrogen-bond donors (Lipinski definition) is 1. The zero-order valence-electron chi connectivity index (χ0n) is 14.6. The molecule has 0 unspecified atom stereocenters. The van der Waals surface area contributed by atoms with E-state index in [1.54, 1.807) is 42.6 Å². The van der Waals surface area contributed by atoms with Gasteiger partial charge in [0.15, 0.2) is 0 Å². The van der Waals surface area contributed by atoms with E-state index < -0.39 is 10.0 Å². The quantitative estimate of drug-likeness (QED) is 0.480. The van der Waals surface area contributed by atoms with Crippen LogP contribution in [0.25, 0.3) is 11.3 Å². The number of aromatic nitrogens is 1. The van der Waals surface area contributed by atoms with Crippen molar-refractivity contribution in [1.82, 2.24) is 9.29 Å². The van der Waals surface area contributed by atoms with E-state index in [1.807, 2.05) is 17.5 Å². The molecule has 0 fully saturated rings. The molecule has 0 saturated carbocycles. The third-order valence-corrected chi connectivity index (χ3v) is 6.50. The molecular weight excluding hydrogens is 404 g/mol. The molecule has 0 saturated heterocycles. The van der Waals surface area contributed by atoms with Gasteiger partial charge in [0.2, 0.25) is 15.2 Å². The van der Waals surface area contributed by atoms with Crippen molar-refractivity contribution in [3.8, 4) is 11.3 Å². The molecule has 27 heavy (non-hydrogen) atoms. The highest BCUT2D eigenvalue weighted by molar-refractivity contribution is 7.89. The Morgan fingerprint density at radius 1 is 1.11 bits per heavy atom. The van der Waals surface area contributed by atoms with E-state index in [4.69, 9.17) is 11.6 Å². The lowest BCUT2D eigenvalue weighted by atomic mass is 10.2. The standard InChI is InChI=1S/C18H17ClN4O2S2/c1-23(2)27(24,25)16-9-5-14(6-10-16)17-12-26-18(21-17)22-20-11-13-3-7-15(19)8-4-13/h3-12H,1-2H3,(H,21,22). The molecule has 0 aliphatic heterocycles. The molecule has 0 aliphatic rings. The smallest absolute Gasteiger partial charge is 0.242 e. The molecule has 3 aromatic rings. The van der Waals surface area contributed by atoms with Crippen LogP contribution < -0.4 is 5.43 Å². The molecule has 0 amide bonds. The van der Waals surface area contributed by atoms with E-state index in [9.17, 15) is 8.42 Å². The van der Waals surface area contributed by atoms with Crippen LogP contribution in [-0.4, -0.2) is 38.0 Å². The van der Waals surface area contributed by atoms with Crippen LogP contribution in [0.1, 0.15) is 5.56 Å². The molecule has 6 nitrogen and oxygen atoms in total. The lowest BCUT2D eigenvalue weighted by Gasteiger charge is -2.11. The molecular formula is C18H17ClN4O2S2. The Morgan fingerprint density at radius 3 is 2.41 bits per heavy atom. The molecule has 0 bridgehead atoms. The summed E-state index contributed by atoms with van der Waals surface area (Å²) in [7, 11) is -0.424. The number of anilines is 1. The van der Waals surface area contributed by atoms with Gasteiger partial charge in [-0.2, -0.15) is 5.10 Å². The van der Waals surface area contributed by atoms with E-state index in [0.29, 0.717) is 10.2 Å². The second-order valence-electron chi connectivity index (χ2n) is 5.77. The summed E-state index contributed by atoms with van der Waals surface area (Å²) in [6.07, 6.45) is 1.68. The fourth-order valence-electron chi connectivity index (χ4n) is 2.18. The molecule has 1 heterocycles. The first-order chi connectivity index (χ1) is 12.9. The summed E-state index contributed by atoms with van der Waals surface area (Å²) in [5.74, 6) is 0. The maximum atomic E-state index is 12.1. The van der Waals surface area contributed by atoms with Crippen molar-refractivity contribution in [3.05, 3.63) is 64.5 Å². The van der Waals surface area contributed by atoms with Gasteiger partial charge in [-0.15, -0.1) is 11.3 Å². The number of rotatable bonds is 6. The fraction of sp³-hybridized carbons (Fsp3) is 0.111. The topological polar surface area (TPSA) is 74.7 Å². The van der Waals surface area contributed by atoms with E-state index >= 15 is 0 Å². The predicted molar refractivity (Wildman–Crippen MR) is 111 cm³/mol. The Kier molecular flexibility index (Phi) is 5.91. The number of benzene rings is 2. The van der Waals surface area contributed by atoms with Crippen molar-refractivity contribution >= 4 is 44.3 Å². The monoisotopic (exact) mass is 420 g/mol. The first kappa shape index (κ1) is 19.5. The van der Waals surface area contributed by atoms with Crippen molar-refractivity contribution in [2.24, 2.45) is 5.10 Å². The number of thiazole rings is 1. The van der Waals surface area contributed by atoms with Gasteiger partial charge in [0.05, 0.1) is 16.8 Å². The molecule has 9 heteroatoms. The third-order valence-electron chi connectivity index (χ3n) is 3.68. The summed E-state index contributed by atoms with van der Waals surface area (Å²) in [5, 5.41) is 7.36. The molecule has 140 valence electrons. The van der Waals surface area contributed by atoms with Crippen LogP contribution in [0.2, 0.25) is 5.02 Å². The summed E-state index contributed by atoms with van der Waals surface area (Å²) in [5.41, 5.74) is 5.39. The van der Waals surface area contributed by atoms with Crippen molar-refractivity contribution in [3.63, 3.8) is 0 Å². The molecule has 0 aliphatic carbocycles. The highest BCUT2D eigenvalue weighted by Crippen LogP contribution is 2.26. The van der Waals surface area contributed by atoms with Crippen molar-refractivity contribution < 1.29 is 8.42 Å². The van der Waals surface area contributed by atoms with Crippen LogP contribution in [0.15, 0.2) is 63.9 Å². The number of sulfonamides is 1. The molecule has 0 radical (unpaired) electrons. The summed E-state index contributed by atoms with van der Waals surface area (Å²) >= 11 is 7.26. The van der Waals surface area contributed by atoms with Gasteiger partial charge in [0.1, 0.15) is 0 Å². The summed E-state index contributed by atoms with van der Waals surface area (Å²) in [4.78, 5) is 4.71. The zero-order chi connectivity index (χ0) is 19.4. The Balaban J connectivity index is 1.69. The predicted octanol–water partition coefficient (Wildman–Crippen LogP) is 4.16. The van der Waals surface area contributed by atoms with E-state index in [-0.39, 0.29) is 4.90 Å². The maximum absolute atomic E-state index is 12.1. The highest BCUT2D eigenvalue weighted by Gasteiger charge is 2.17. The summed E-state index contributed by atoms with van der Waals surface area (Å²) in [6, 6.07) is 14.0. The fourth-order valence-corrected chi connectivity index (χ4v) is 3.87. The van der Waals surface area contributed by atoms with Crippen LogP contribution >= 0.6 is 22.9 Å². The van der Waals surface area contributed by atoms with Gasteiger partial charge in [-0.3, -0.25) is 5.43 Å². The molecule has 3 rings (SSSR count). The Bertz CT molecular complexity index is 1040. The first-order valence-corrected chi connectivity index (χ1v) is 10.6. The molecule has 2 aromatic carbocycles. The van der Waals surface area contributed by atoms with Crippen molar-refractivity contribution in [2.45, 2.75) is 4.90 Å². The van der Waals surface area contributed by atoms with Gasteiger partial charge >= 0.3 is 0 Å². The Morgan fingerprint density at radius 2 is 1.78 bits per heavy atom. The van der Waals surface area contributed by atoms with Crippen LogP contribution in [0.5, 0.6) is 0 Å². The average molecular weight is 421 g/mol. The minimum absolute atomic E-state index is 0.248. The van der Waals surface area contributed by atoms with Crippen LogP contribution in [0.4, 0.5) is 5.13 Å². The Hall–Kier alpha value is -2.26. The number of hydrazone groups is 1. The second-order valence-corrected chi connectivity index (χ2v) is 9.22. The molecule has 1 aromatic heterocycles. The number of nitrogens with zero attached hydrogens (tertiary/aromatic N) is 3. The molecule has 0 spiro atoms. The van der Waals surface area contributed by atoms with Gasteiger partial charge in [-0.1, -0.05) is 35.9 Å². The normalized spacial score (nSPS) is 12.0. The van der Waals surface area contributed by atoms with Crippen LogP contribution in [0.3, 0.4) is 0 Å². The van der Waals surface area contributed by atoms with Gasteiger partial charge < -0.3 is 0 Å². The lowest BCUT2D eigenvalue weighted by Crippen LogP contribution is -2.22. The zero-order valence-corrected chi connectivity index (χ0v) is 17.0. The molecule has 1 N–H and O–H groups in total. The maximum Gasteiger partial charge on any atom is 0.242 e. The summed E-state index contributed by atoms with van der Waals surface area (Å²) < 4.78 is 25.4.